The van der Waals surface area contributed by atoms with Gasteiger partial charge < -0.3 is 14.6 Å². The molecule has 0 aromatic heterocycles. The number of carbonyl (C=O) groups is 1. The molecule has 5 heteroatoms. The molecule has 0 saturated carbocycles. The van der Waals surface area contributed by atoms with Crippen molar-refractivity contribution in [1.29, 1.82) is 0 Å². The second-order valence-corrected chi connectivity index (χ2v) is 3.29. The van der Waals surface area contributed by atoms with E-state index in [2.05, 4.69) is 0 Å². The number of aliphatic carboxylic acids is 1. The minimum absolute atomic E-state index is 0.188. The Kier molecular flexibility index (Phi) is 2.21. The first-order valence-corrected chi connectivity index (χ1v) is 4.37. The quantitative estimate of drug-likeness (QED) is 0.817. The van der Waals surface area contributed by atoms with E-state index in [9.17, 15) is 4.79 Å². The Balaban J connectivity index is 2.14. The Hall–Kier alpha value is -1.42. The minimum Gasteiger partial charge on any atom is -0.481 e. The van der Waals surface area contributed by atoms with E-state index in [-0.39, 0.29) is 6.42 Å². The number of ether oxygens (including phenoxy) is 2. The van der Waals surface area contributed by atoms with Gasteiger partial charge in [-0.25, -0.2) is 0 Å². The van der Waals surface area contributed by atoms with E-state index < -0.39 is 12.3 Å². The smallest absolute Gasteiger partial charge is 0.310 e. The summed E-state index contributed by atoms with van der Waals surface area (Å²) in [6.45, 7) is 0. The molecule has 0 radical (unpaired) electrons. The predicted molar refractivity (Wildman–Crippen MR) is 48.7 cm³/mol. The summed E-state index contributed by atoms with van der Waals surface area (Å²) in [6.07, 6.45) is -0.937. The molecule has 1 aromatic rings. The van der Waals surface area contributed by atoms with Crippen molar-refractivity contribution in [2.75, 3.05) is 0 Å². The van der Waals surface area contributed by atoms with E-state index in [0.29, 0.717) is 16.5 Å². The van der Waals surface area contributed by atoms with Gasteiger partial charge in [0.25, 0.3) is 6.29 Å². The Morgan fingerprint density at radius 2 is 2.14 bits per heavy atom. The molecular formula is C9H7ClO4. The number of carboxylic acids is 1. The number of halogens is 1. The van der Waals surface area contributed by atoms with Crippen molar-refractivity contribution in [2.24, 2.45) is 0 Å². The van der Waals surface area contributed by atoms with Crippen LogP contribution in [0.5, 0.6) is 11.5 Å². The summed E-state index contributed by atoms with van der Waals surface area (Å²) in [5, 5.41) is 9.05. The monoisotopic (exact) mass is 214 g/mol. The highest BCUT2D eigenvalue weighted by Crippen LogP contribution is 2.37. The molecular weight excluding hydrogens is 208 g/mol. The first-order valence-electron chi connectivity index (χ1n) is 4.00. The molecule has 0 aliphatic carbocycles. The number of hydrogen-bond acceptors (Lipinski definition) is 3. The lowest BCUT2D eigenvalue weighted by atomic mass is 10.3. The molecule has 4 nitrogen and oxygen atoms in total. The normalized spacial score (nSPS) is 18.2. The molecule has 1 aliphatic heterocycles. The van der Waals surface area contributed by atoms with Crippen molar-refractivity contribution in [2.45, 2.75) is 12.7 Å². The van der Waals surface area contributed by atoms with Gasteiger partial charge in [-0.2, -0.15) is 0 Å². The van der Waals surface area contributed by atoms with Gasteiger partial charge in [-0.1, -0.05) is 11.6 Å². The summed E-state index contributed by atoms with van der Waals surface area (Å²) in [5.74, 6) is 0.0540. The number of carboxylic acid groups (broad SMARTS) is 1. The summed E-state index contributed by atoms with van der Waals surface area (Å²) in [6, 6.07) is 4.91. The van der Waals surface area contributed by atoms with Gasteiger partial charge in [0, 0.05) is 11.1 Å². The maximum atomic E-state index is 10.4. The van der Waals surface area contributed by atoms with Crippen molar-refractivity contribution >= 4 is 17.6 Å². The molecule has 1 N–H and O–H groups in total. The van der Waals surface area contributed by atoms with E-state index >= 15 is 0 Å². The third-order valence-corrected chi connectivity index (χ3v) is 2.00. The van der Waals surface area contributed by atoms with Crippen molar-refractivity contribution in [3.8, 4) is 11.5 Å². The van der Waals surface area contributed by atoms with E-state index in [0.717, 1.165) is 0 Å². The summed E-state index contributed by atoms with van der Waals surface area (Å²) < 4.78 is 10.4. The second-order valence-electron chi connectivity index (χ2n) is 2.85. The van der Waals surface area contributed by atoms with Gasteiger partial charge in [0.2, 0.25) is 0 Å². The van der Waals surface area contributed by atoms with Gasteiger partial charge in [-0.3, -0.25) is 4.79 Å². The Morgan fingerprint density at radius 3 is 2.86 bits per heavy atom. The van der Waals surface area contributed by atoms with E-state index in [1.54, 1.807) is 18.2 Å². The highest BCUT2D eigenvalue weighted by atomic mass is 35.5. The van der Waals surface area contributed by atoms with Crippen molar-refractivity contribution < 1.29 is 19.4 Å². The number of hydrogen-bond donors (Lipinski definition) is 1. The van der Waals surface area contributed by atoms with Crippen molar-refractivity contribution in [3.05, 3.63) is 23.2 Å². The standard InChI is InChI=1S/C9H7ClO4/c10-5-1-2-6-7(3-5)14-9(13-6)4-8(11)12/h1-3,9H,4H2,(H,11,12). The van der Waals surface area contributed by atoms with Crippen LogP contribution < -0.4 is 9.47 Å². The van der Waals surface area contributed by atoms with Gasteiger partial charge >= 0.3 is 5.97 Å². The SMILES string of the molecule is O=C(O)CC1Oc2ccc(Cl)cc2O1. The number of fused-ring (bicyclic) bond motifs is 1. The van der Waals surface area contributed by atoms with Crippen LogP contribution in [0.25, 0.3) is 0 Å². The lowest BCUT2D eigenvalue weighted by Crippen LogP contribution is -2.21. The average Bonchev–Trinajstić information content (AvgIpc) is 2.44. The highest BCUT2D eigenvalue weighted by Gasteiger charge is 2.26. The number of rotatable bonds is 2. The van der Waals surface area contributed by atoms with E-state index in [1.807, 2.05) is 0 Å². The third kappa shape index (κ3) is 1.75. The predicted octanol–water partition coefficient (Wildman–Crippen LogP) is 1.91. The molecule has 0 bridgehead atoms. The molecule has 1 unspecified atom stereocenters. The average molecular weight is 215 g/mol. The van der Waals surface area contributed by atoms with Gasteiger partial charge in [0.05, 0.1) is 0 Å². The zero-order valence-corrected chi connectivity index (χ0v) is 7.82. The molecule has 14 heavy (non-hydrogen) atoms. The van der Waals surface area contributed by atoms with Gasteiger partial charge in [0.15, 0.2) is 11.5 Å². The molecule has 1 aliphatic rings. The fourth-order valence-corrected chi connectivity index (χ4v) is 1.37. The Labute approximate surface area is 85.0 Å². The van der Waals surface area contributed by atoms with Crippen molar-refractivity contribution in [3.63, 3.8) is 0 Å². The van der Waals surface area contributed by atoms with E-state index in [4.69, 9.17) is 26.2 Å². The summed E-state index contributed by atoms with van der Waals surface area (Å²) in [7, 11) is 0. The van der Waals surface area contributed by atoms with Crippen LogP contribution in [0, 0.1) is 0 Å². The van der Waals surface area contributed by atoms with E-state index in [1.165, 1.54) is 0 Å². The number of benzene rings is 1. The third-order valence-electron chi connectivity index (χ3n) is 1.76. The fourth-order valence-electron chi connectivity index (χ4n) is 1.20. The zero-order chi connectivity index (χ0) is 10.1. The van der Waals surface area contributed by atoms with Crippen LogP contribution in [-0.2, 0) is 4.79 Å². The van der Waals surface area contributed by atoms with Gasteiger partial charge in [0.1, 0.15) is 6.42 Å². The molecule has 1 atom stereocenters. The molecule has 0 saturated heterocycles. The van der Waals surface area contributed by atoms with Crippen LogP contribution in [-0.4, -0.2) is 17.4 Å². The largest absolute Gasteiger partial charge is 0.481 e. The lowest BCUT2D eigenvalue weighted by Gasteiger charge is -2.05. The summed E-state index contributed by atoms with van der Waals surface area (Å²) >= 11 is 5.72. The first kappa shape index (κ1) is 9.15. The lowest BCUT2D eigenvalue weighted by molar-refractivity contribution is -0.141. The minimum atomic E-state index is -0.964. The van der Waals surface area contributed by atoms with Crippen LogP contribution in [0.3, 0.4) is 0 Å². The maximum Gasteiger partial charge on any atom is 0.310 e. The molecule has 74 valence electrons. The van der Waals surface area contributed by atoms with Crippen LogP contribution in [0.15, 0.2) is 18.2 Å². The zero-order valence-electron chi connectivity index (χ0n) is 7.07. The van der Waals surface area contributed by atoms with Crippen LogP contribution in [0.1, 0.15) is 6.42 Å². The summed E-state index contributed by atoms with van der Waals surface area (Å²) in [4.78, 5) is 10.4. The maximum absolute atomic E-state index is 10.4. The summed E-state index contributed by atoms with van der Waals surface area (Å²) in [5.41, 5.74) is 0. The topological polar surface area (TPSA) is 55.8 Å². The first-order chi connectivity index (χ1) is 6.65. The Morgan fingerprint density at radius 1 is 1.43 bits per heavy atom. The molecule has 0 amide bonds. The molecule has 1 aromatic carbocycles. The highest BCUT2D eigenvalue weighted by molar-refractivity contribution is 6.30. The molecule has 0 spiro atoms. The second kappa shape index (κ2) is 3.38. The fraction of sp³-hybridized carbons (Fsp3) is 0.222. The molecule has 2 rings (SSSR count). The van der Waals surface area contributed by atoms with Gasteiger partial charge in [-0.05, 0) is 12.1 Å². The van der Waals surface area contributed by atoms with Crippen molar-refractivity contribution in [1.82, 2.24) is 0 Å². The Bertz CT molecular complexity index is 377. The van der Waals surface area contributed by atoms with Crippen LogP contribution >= 0.6 is 11.6 Å². The van der Waals surface area contributed by atoms with Crippen LogP contribution in [0.4, 0.5) is 0 Å². The van der Waals surface area contributed by atoms with Gasteiger partial charge in [-0.15, -0.1) is 0 Å². The molecule has 1 heterocycles. The van der Waals surface area contributed by atoms with Crippen LogP contribution in [0.2, 0.25) is 5.02 Å². The molecule has 0 fully saturated rings.